The third-order valence-electron chi connectivity index (χ3n) is 5.68. The summed E-state index contributed by atoms with van der Waals surface area (Å²) in [4.78, 5) is 12.9. The number of aryl methyl sites for hydroxylation is 2. The molecule has 2 unspecified atom stereocenters. The zero-order valence-corrected chi connectivity index (χ0v) is 17.5. The Morgan fingerprint density at radius 1 is 1.21 bits per heavy atom. The van der Waals surface area contributed by atoms with Gasteiger partial charge in [-0.05, 0) is 56.2 Å². The van der Waals surface area contributed by atoms with E-state index in [-0.39, 0.29) is 12.1 Å². The van der Waals surface area contributed by atoms with Crippen LogP contribution in [0, 0.1) is 13.8 Å². The van der Waals surface area contributed by atoms with Crippen LogP contribution in [0.3, 0.4) is 0 Å². The van der Waals surface area contributed by atoms with Gasteiger partial charge in [0, 0.05) is 43.8 Å². The minimum atomic E-state index is 0.0611. The summed E-state index contributed by atoms with van der Waals surface area (Å²) in [5.74, 6) is 0. The molecule has 4 rings (SSSR count). The Morgan fingerprint density at radius 3 is 2.71 bits per heavy atom. The second-order valence-corrected chi connectivity index (χ2v) is 8.05. The van der Waals surface area contributed by atoms with Crippen LogP contribution < -0.4 is 5.32 Å². The number of aromatic amines is 1. The van der Waals surface area contributed by atoms with E-state index in [0.717, 1.165) is 56.6 Å². The quantitative estimate of drug-likeness (QED) is 0.729. The Labute approximate surface area is 172 Å². The van der Waals surface area contributed by atoms with E-state index < -0.39 is 0 Å². The van der Waals surface area contributed by atoms with Gasteiger partial charge in [0.2, 0.25) is 0 Å². The molecule has 0 spiro atoms. The lowest BCUT2D eigenvalue weighted by molar-refractivity contribution is 0.0365. The molecule has 7 heteroatoms. The van der Waals surface area contributed by atoms with Crippen molar-refractivity contribution in [1.82, 2.24) is 25.1 Å². The lowest BCUT2D eigenvalue weighted by Crippen LogP contribution is -2.39. The summed E-state index contributed by atoms with van der Waals surface area (Å²) in [5, 5.41) is 4.36. The Balaban J connectivity index is 1.54. The lowest BCUT2D eigenvalue weighted by atomic mass is 9.96. The van der Waals surface area contributed by atoms with Crippen LogP contribution in [-0.4, -0.2) is 64.3 Å². The van der Waals surface area contributed by atoms with E-state index in [1.54, 1.807) is 0 Å². The van der Waals surface area contributed by atoms with Gasteiger partial charge >= 0.3 is 0 Å². The molecule has 0 aliphatic carbocycles. The maximum atomic E-state index is 5.76. The molecular formula is C21H29N5OS. The van der Waals surface area contributed by atoms with Gasteiger partial charge in [-0.3, -0.25) is 9.88 Å². The Kier molecular flexibility index (Phi) is 5.94. The van der Waals surface area contributed by atoms with E-state index in [1.165, 1.54) is 17.0 Å². The number of thiocarbonyl (C=S) groups is 1. The molecule has 0 amide bonds. The van der Waals surface area contributed by atoms with E-state index in [1.807, 2.05) is 18.3 Å². The van der Waals surface area contributed by atoms with Crippen LogP contribution in [0.25, 0.3) is 0 Å². The SMILES string of the molecule is Cc1cc(C2C(c3ccccn3)NC(=S)N2CCCN2CCOCC2)c(C)[nH]1. The first-order valence-electron chi connectivity index (χ1n) is 10.1. The number of morpholine rings is 1. The average molecular weight is 400 g/mol. The first-order chi connectivity index (χ1) is 13.6. The molecule has 2 saturated heterocycles. The van der Waals surface area contributed by atoms with Crippen molar-refractivity contribution in [2.45, 2.75) is 32.4 Å². The van der Waals surface area contributed by atoms with Gasteiger partial charge < -0.3 is 19.9 Å². The molecular weight excluding hydrogens is 370 g/mol. The minimum Gasteiger partial charge on any atom is -0.379 e. The monoisotopic (exact) mass is 399 g/mol. The molecule has 0 saturated carbocycles. The highest BCUT2D eigenvalue weighted by molar-refractivity contribution is 7.80. The Hall–Kier alpha value is -1.96. The average Bonchev–Trinajstić information content (AvgIpc) is 3.21. The fourth-order valence-corrected chi connectivity index (χ4v) is 4.66. The molecule has 0 bridgehead atoms. The van der Waals surface area contributed by atoms with Crippen LogP contribution in [-0.2, 0) is 4.74 Å². The second kappa shape index (κ2) is 8.59. The van der Waals surface area contributed by atoms with Gasteiger partial charge in [0.15, 0.2) is 5.11 Å². The van der Waals surface area contributed by atoms with Gasteiger partial charge in [-0.1, -0.05) is 6.07 Å². The maximum Gasteiger partial charge on any atom is 0.170 e. The lowest BCUT2D eigenvalue weighted by Gasteiger charge is -2.30. The topological polar surface area (TPSA) is 56.4 Å². The number of pyridine rings is 1. The van der Waals surface area contributed by atoms with Crippen molar-refractivity contribution >= 4 is 17.3 Å². The van der Waals surface area contributed by atoms with Crippen molar-refractivity contribution in [2.75, 3.05) is 39.4 Å². The van der Waals surface area contributed by atoms with Crippen LogP contribution in [0.15, 0.2) is 30.5 Å². The van der Waals surface area contributed by atoms with Gasteiger partial charge in [0.05, 0.1) is 31.0 Å². The summed E-state index contributed by atoms with van der Waals surface area (Å²) in [6.07, 6.45) is 2.93. The zero-order chi connectivity index (χ0) is 19.5. The Morgan fingerprint density at radius 2 is 2.04 bits per heavy atom. The number of H-pyrrole nitrogens is 1. The zero-order valence-electron chi connectivity index (χ0n) is 16.6. The van der Waals surface area contributed by atoms with Gasteiger partial charge in [-0.25, -0.2) is 0 Å². The van der Waals surface area contributed by atoms with Gasteiger partial charge in [-0.2, -0.15) is 0 Å². The highest BCUT2D eigenvalue weighted by atomic mass is 32.1. The molecule has 2 N–H and O–H groups in total. The summed E-state index contributed by atoms with van der Waals surface area (Å²) in [6.45, 7) is 10.00. The number of rotatable bonds is 6. The van der Waals surface area contributed by atoms with Crippen LogP contribution in [0.5, 0.6) is 0 Å². The predicted molar refractivity (Wildman–Crippen MR) is 114 cm³/mol. The van der Waals surface area contributed by atoms with Crippen molar-refractivity contribution in [3.05, 3.63) is 53.1 Å². The molecule has 28 heavy (non-hydrogen) atoms. The number of nitrogens with one attached hydrogen (secondary N) is 2. The molecule has 0 radical (unpaired) electrons. The van der Waals surface area contributed by atoms with Crippen LogP contribution in [0.4, 0.5) is 0 Å². The van der Waals surface area contributed by atoms with E-state index in [0.29, 0.717) is 0 Å². The fourth-order valence-electron chi connectivity index (χ4n) is 4.33. The van der Waals surface area contributed by atoms with Crippen molar-refractivity contribution in [3.8, 4) is 0 Å². The molecule has 2 atom stereocenters. The minimum absolute atomic E-state index is 0.0611. The number of aromatic nitrogens is 2. The smallest absolute Gasteiger partial charge is 0.170 e. The third-order valence-corrected chi connectivity index (χ3v) is 6.04. The highest BCUT2D eigenvalue weighted by Crippen LogP contribution is 2.40. The van der Waals surface area contributed by atoms with Gasteiger partial charge in [0.1, 0.15) is 0 Å². The molecule has 4 heterocycles. The first-order valence-corrected chi connectivity index (χ1v) is 10.5. The van der Waals surface area contributed by atoms with Gasteiger partial charge in [-0.15, -0.1) is 0 Å². The van der Waals surface area contributed by atoms with Crippen molar-refractivity contribution in [2.24, 2.45) is 0 Å². The normalized spacial score (nSPS) is 23.2. The molecule has 2 aromatic heterocycles. The summed E-state index contributed by atoms with van der Waals surface area (Å²) >= 11 is 5.76. The first kappa shape index (κ1) is 19.4. The number of hydrogen-bond donors (Lipinski definition) is 2. The van der Waals surface area contributed by atoms with Crippen molar-refractivity contribution in [3.63, 3.8) is 0 Å². The summed E-state index contributed by atoms with van der Waals surface area (Å²) in [5.41, 5.74) is 4.71. The molecule has 6 nitrogen and oxygen atoms in total. The molecule has 0 aromatic carbocycles. The number of nitrogens with zero attached hydrogens (tertiary/aromatic N) is 3. The molecule has 150 valence electrons. The number of ether oxygens (including phenoxy) is 1. The van der Waals surface area contributed by atoms with E-state index in [2.05, 4.69) is 51.1 Å². The standard InChI is InChI=1S/C21H29N5OS/c1-15-14-17(16(2)23-15)20-19(18-6-3-4-7-22-18)24-21(28)26(20)9-5-8-25-10-12-27-13-11-25/h3-4,6-7,14,19-20,23H,5,8-13H2,1-2H3,(H,24,28). The van der Waals surface area contributed by atoms with Crippen molar-refractivity contribution < 1.29 is 4.74 Å². The predicted octanol–water partition coefficient (Wildman–Crippen LogP) is 2.72. The Bertz CT molecular complexity index is 802. The highest BCUT2D eigenvalue weighted by Gasteiger charge is 2.40. The second-order valence-electron chi connectivity index (χ2n) is 7.66. The molecule has 2 fully saturated rings. The molecule has 2 aliphatic rings. The van der Waals surface area contributed by atoms with Crippen LogP contribution in [0.1, 0.15) is 41.1 Å². The summed E-state index contributed by atoms with van der Waals surface area (Å²) in [7, 11) is 0. The van der Waals surface area contributed by atoms with Gasteiger partial charge in [0.25, 0.3) is 0 Å². The molecule has 2 aromatic rings. The largest absolute Gasteiger partial charge is 0.379 e. The van der Waals surface area contributed by atoms with Crippen molar-refractivity contribution in [1.29, 1.82) is 0 Å². The summed E-state index contributed by atoms with van der Waals surface area (Å²) < 4.78 is 5.46. The van der Waals surface area contributed by atoms with Crippen LogP contribution in [0.2, 0.25) is 0 Å². The maximum absolute atomic E-state index is 5.76. The van der Waals surface area contributed by atoms with E-state index in [4.69, 9.17) is 17.0 Å². The third kappa shape index (κ3) is 4.06. The van der Waals surface area contributed by atoms with E-state index in [9.17, 15) is 0 Å². The van der Waals surface area contributed by atoms with E-state index >= 15 is 0 Å². The van der Waals surface area contributed by atoms with Crippen LogP contribution >= 0.6 is 12.2 Å². The molecule has 2 aliphatic heterocycles. The fraction of sp³-hybridized carbons (Fsp3) is 0.524. The summed E-state index contributed by atoms with van der Waals surface area (Å²) in [6, 6.07) is 8.54. The number of hydrogen-bond acceptors (Lipinski definition) is 4.